The van der Waals surface area contributed by atoms with E-state index >= 15 is 0 Å². The lowest BCUT2D eigenvalue weighted by atomic mass is 10.1. The summed E-state index contributed by atoms with van der Waals surface area (Å²) in [6.07, 6.45) is -0.702. The molecule has 2 rings (SSSR count). The van der Waals surface area contributed by atoms with E-state index in [0.717, 1.165) is 5.69 Å². The molecule has 0 unspecified atom stereocenters. The number of ether oxygens (including phenoxy) is 1. The molecule has 2 amide bonds. The zero-order valence-electron chi connectivity index (χ0n) is 20.0. The molecular formula is C23H30Cl3N5O5. The van der Waals surface area contributed by atoms with Gasteiger partial charge < -0.3 is 19.9 Å². The Hall–Kier alpha value is -2.79. The normalized spacial score (nSPS) is 10.4. The summed E-state index contributed by atoms with van der Waals surface area (Å²) in [6.45, 7) is 2.04. The van der Waals surface area contributed by atoms with Gasteiger partial charge in [0.25, 0.3) is 11.6 Å². The molecule has 0 atom stereocenters. The summed E-state index contributed by atoms with van der Waals surface area (Å²) in [5.41, 5.74) is 1.48. The molecule has 0 fully saturated rings. The zero-order valence-corrected chi connectivity index (χ0v) is 22.4. The molecule has 0 heterocycles. The van der Waals surface area contributed by atoms with Crippen molar-refractivity contribution in [3.63, 3.8) is 0 Å². The highest BCUT2D eigenvalue weighted by molar-refractivity contribution is 6.18. The number of hydrogen-bond acceptors (Lipinski definition) is 7. The second kappa shape index (κ2) is 16.1. The van der Waals surface area contributed by atoms with Gasteiger partial charge >= 0.3 is 6.09 Å². The van der Waals surface area contributed by atoms with Crippen molar-refractivity contribution in [2.45, 2.75) is 6.61 Å². The number of nitrogens with zero attached hydrogens (tertiary/aromatic N) is 3. The minimum absolute atomic E-state index is 0. The van der Waals surface area contributed by atoms with Gasteiger partial charge in [-0.1, -0.05) is 0 Å². The number of halogens is 3. The highest BCUT2D eigenvalue weighted by Crippen LogP contribution is 2.21. The summed E-state index contributed by atoms with van der Waals surface area (Å²) in [5.74, 6) is 0.360. The maximum atomic E-state index is 12.5. The van der Waals surface area contributed by atoms with Gasteiger partial charge in [0.1, 0.15) is 12.2 Å². The number of benzene rings is 2. The number of carbonyl (C=O) groups is 2. The summed E-state index contributed by atoms with van der Waals surface area (Å²) in [5, 5.41) is 16.6. The average Bonchev–Trinajstić information content (AvgIpc) is 2.82. The minimum Gasteiger partial charge on any atom is -0.444 e. The van der Waals surface area contributed by atoms with Crippen LogP contribution in [0, 0.1) is 10.1 Å². The van der Waals surface area contributed by atoms with Crippen molar-refractivity contribution in [2.24, 2.45) is 0 Å². The molecule has 2 N–H and O–H groups in total. The van der Waals surface area contributed by atoms with Crippen molar-refractivity contribution in [1.29, 1.82) is 0 Å². The second-order valence-corrected chi connectivity index (χ2v) is 8.54. The third kappa shape index (κ3) is 10.1. The van der Waals surface area contributed by atoms with Crippen molar-refractivity contribution in [3.8, 4) is 0 Å². The van der Waals surface area contributed by atoms with Crippen molar-refractivity contribution in [3.05, 3.63) is 63.7 Å². The van der Waals surface area contributed by atoms with Gasteiger partial charge in [0.2, 0.25) is 0 Å². The van der Waals surface area contributed by atoms with Crippen molar-refractivity contribution < 1.29 is 19.2 Å². The lowest BCUT2D eigenvalue weighted by molar-refractivity contribution is -0.385. The van der Waals surface area contributed by atoms with Gasteiger partial charge in [-0.3, -0.25) is 20.2 Å². The second-order valence-electron chi connectivity index (χ2n) is 7.78. The first kappa shape index (κ1) is 31.2. The summed E-state index contributed by atoms with van der Waals surface area (Å²) in [7, 11) is 3.70. The Labute approximate surface area is 226 Å². The van der Waals surface area contributed by atoms with Gasteiger partial charge in [0, 0.05) is 55.4 Å². The topological polar surface area (TPSA) is 117 Å². The van der Waals surface area contributed by atoms with E-state index in [9.17, 15) is 19.7 Å². The Morgan fingerprint density at radius 2 is 1.67 bits per heavy atom. The third-order valence-corrected chi connectivity index (χ3v) is 5.24. The van der Waals surface area contributed by atoms with Crippen LogP contribution in [0.25, 0.3) is 0 Å². The van der Waals surface area contributed by atoms with Crippen molar-refractivity contribution in [2.75, 3.05) is 62.3 Å². The molecule has 0 saturated heterocycles. The number of amides is 2. The molecule has 13 heteroatoms. The Morgan fingerprint density at radius 1 is 1.03 bits per heavy atom. The number of rotatable bonds is 13. The van der Waals surface area contributed by atoms with Gasteiger partial charge in [-0.15, -0.1) is 35.6 Å². The van der Waals surface area contributed by atoms with E-state index in [1.807, 2.05) is 36.0 Å². The molecule has 0 aliphatic carbocycles. The molecule has 10 nitrogen and oxygen atoms in total. The molecule has 0 spiro atoms. The Balaban J connectivity index is 0.00000648. The van der Waals surface area contributed by atoms with E-state index in [-0.39, 0.29) is 30.3 Å². The fraction of sp³-hybridized carbons (Fsp3) is 0.391. The van der Waals surface area contributed by atoms with Gasteiger partial charge in [-0.05, 0) is 56.1 Å². The fourth-order valence-corrected chi connectivity index (χ4v) is 3.54. The molecule has 0 saturated carbocycles. The molecule has 2 aromatic rings. The van der Waals surface area contributed by atoms with E-state index in [2.05, 4.69) is 10.6 Å². The van der Waals surface area contributed by atoms with Crippen LogP contribution in [0.3, 0.4) is 0 Å². The van der Waals surface area contributed by atoms with E-state index in [1.54, 1.807) is 12.1 Å². The van der Waals surface area contributed by atoms with Gasteiger partial charge in [0.05, 0.1) is 4.92 Å². The number of nitro benzene ring substituents is 1. The van der Waals surface area contributed by atoms with Crippen LogP contribution >= 0.6 is 35.6 Å². The summed E-state index contributed by atoms with van der Waals surface area (Å²) in [4.78, 5) is 39.3. The van der Waals surface area contributed by atoms with E-state index in [0.29, 0.717) is 49.2 Å². The quantitative estimate of drug-likeness (QED) is 0.212. The highest BCUT2D eigenvalue weighted by Gasteiger charge is 2.21. The van der Waals surface area contributed by atoms with Crippen LogP contribution in [-0.2, 0) is 11.3 Å². The van der Waals surface area contributed by atoms with Crippen LogP contribution in [0.4, 0.5) is 21.9 Å². The van der Waals surface area contributed by atoms with Crippen molar-refractivity contribution in [1.82, 2.24) is 10.2 Å². The Morgan fingerprint density at radius 3 is 2.22 bits per heavy atom. The van der Waals surface area contributed by atoms with Crippen molar-refractivity contribution >= 4 is 64.7 Å². The molecule has 0 aliphatic rings. The number of hydrogen-bond donors (Lipinski definition) is 2. The molecule has 36 heavy (non-hydrogen) atoms. The smallest absolute Gasteiger partial charge is 0.411 e. The minimum atomic E-state index is -0.702. The van der Waals surface area contributed by atoms with Crippen LogP contribution in [0.2, 0.25) is 0 Å². The molecule has 198 valence electrons. The summed E-state index contributed by atoms with van der Waals surface area (Å²) in [6, 6.07) is 11.2. The van der Waals surface area contributed by atoms with Crippen LogP contribution in [-0.4, -0.2) is 73.9 Å². The zero-order chi connectivity index (χ0) is 25.8. The Kier molecular flexibility index (Phi) is 13.9. The van der Waals surface area contributed by atoms with E-state index < -0.39 is 16.9 Å². The van der Waals surface area contributed by atoms with Crippen LogP contribution in [0.1, 0.15) is 15.9 Å². The van der Waals surface area contributed by atoms with E-state index in [4.69, 9.17) is 27.9 Å². The molecule has 0 radical (unpaired) electrons. The maximum Gasteiger partial charge on any atom is 0.411 e. The monoisotopic (exact) mass is 561 g/mol. The van der Waals surface area contributed by atoms with Gasteiger partial charge in [0.15, 0.2) is 0 Å². The third-order valence-electron chi connectivity index (χ3n) is 4.90. The average molecular weight is 563 g/mol. The number of carbonyl (C=O) groups excluding carboxylic acids is 2. The van der Waals surface area contributed by atoms with Crippen LogP contribution in [0.15, 0.2) is 42.5 Å². The predicted octanol–water partition coefficient (Wildman–Crippen LogP) is 4.34. The first-order valence-corrected chi connectivity index (χ1v) is 11.9. The SMILES string of the molecule is CN(C)CCNC(=O)c1cc(COC(=O)Nc2ccc(N(CCCl)CCCl)cc2)ccc1[N+](=O)[O-].Cl. The number of nitro groups is 1. The molecular weight excluding hydrogens is 533 g/mol. The standard InChI is InChI=1S/C23H29Cl2N5O5.ClH/c1-28(2)14-11-26-22(31)20-15-17(3-8-21(20)30(33)34)16-35-23(32)27-18-4-6-19(7-5-18)29(12-9-24)13-10-25;/h3-8,15H,9-14,16H2,1-2H3,(H,26,31)(H,27,32);1H. The van der Waals surface area contributed by atoms with Crippen LogP contribution < -0.4 is 15.5 Å². The lowest BCUT2D eigenvalue weighted by Gasteiger charge is -2.23. The first-order valence-electron chi connectivity index (χ1n) is 10.9. The van der Waals surface area contributed by atoms with E-state index in [1.165, 1.54) is 18.2 Å². The van der Waals surface area contributed by atoms with Gasteiger partial charge in [-0.2, -0.15) is 0 Å². The van der Waals surface area contributed by atoms with Crippen LogP contribution in [0.5, 0.6) is 0 Å². The molecule has 0 aliphatic heterocycles. The fourth-order valence-electron chi connectivity index (χ4n) is 3.13. The molecule has 0 bridgehead atoms. The summed E-state index contributed by atoms with van der Waals surface area (Å²) >= 11 is 11.7. The number of nitrogens with one attached hydrogen (secondary N) is 2. The predicted molar refractivity (Wildman–Crippen MR) is 145 cm³/mol. The Bertz CT molecular complexity index is 1000. The molecule has 2 aromatic carbocycles. The first-order chi connectivity index (χ1) is 16.7. The number of anilines is 2. The van der Waals surface area contributed by atoms with Gasteiger partial charge in [-0.25, -0.2) is 4.79 Å². The largest absolute Gasteiger partial charge is 0.444 e. The maximum absolute atomic E-state index is 12.5. The molecule has 0 aromatic heterocycles. The summed E-state index contributed by atoms with van der Waals surface area (Å²) < 4.78 is 5.23. The number of alkyl halides is 2. The lowest BCUT2D eigenvalue weighted by Crippen LogP contribution is -2.31. The highest BCUT2D eigenvalue weighted by atomic mass is 35.5. The number of likely N-dealkylation sites (N-methyl/N-ethyl adjacent to an activating group) is 1.